The molecule has 0 saturated carbocycles. The molecule has 2 heterocycles. The summed E-state index contributed by atoms with van der Waals surface area (Å²) < 4.78 is 2.23. The Kier molecular flexibility index (Phi) is 3.49. The Labute approximate surface area is 123 Å². The third-order valence-corrected chi connectivity index (χ3v) is 4.18. The van der Waals surface area contributed by atoms with E-state index in [0.29, 0.717) is 23.2 Å². The zero-order chi connectivity index (χ0) is 14.8. The number of nitrogens with zero attached hydrogens (tertiary/aromatic N) is 3. The molecule has 1 aliphatic heterocycles. The smallest absolute Gasteiger partial charge is 0.276 e. The lowest BCUT2D eigenvalue weighted by molar-refractivity contribution is -0.385. The predicted molar refractivity (Wildman–Crippen MR) is 80.8 cm³/mol. The van der Waals surface area contributed by atoms with Crippen molar-refractivity contribution >= 4 is 29.2 Å². The number of para-hydroxylation sites is 1. The number of aromatic nitrogens is 1. The minimum atomic E-state index is -0.423. The van der Waals surface area contributed by atoms with Gasteiger partial charge in [0.1, 0.15) is 0 Å². The van der Waals surface area contributed by atoms with E-state index in [-0.39, 0.29) is 11.2 Å². The highest BCUT2D eigenvalue weighted by Gasteiger charge is 2.10. The number of hydrogen-bond donors (Lipinski definition) is 0. The Hall–Kier alpha value is -2.54. The van der Waals surface area contributed by atoms with Gasteiger partial charge in [-0.2, -0.15) is 0 Å². The van der Waals surface area contributed by atoms with Crippen molar-refractivity contribution in [1.82, 2.24) is 4.57 Å². The molecule has 1 aromatic carbocycles. The fraction of sp³-hybridized carbons (Fsp3) is 0.143. The molecular weight excluding hydrogens is 290 g/mol. The average molecular weight is 301 g/mol. The van der Waals surface area contributed by atoms with E-state index >= 15 is 0 Å². The second kappa shape index (κ2) is 5.45. The van der Waals surface area contributed by atoms with Crippen LogP contribution in [0.25, 0.3) is 12.2 Å². The largest absolute Gasteiger partial charge is 0.282 e. The zero-order valence-corrected chi connectivity index (χ0v) is 11.7. The summed E-state index contributed by atoms with van der Waals surface area (Å²) in [5.74, 6) is 0. The van der Waals surface area contributed by atoms with Crippen LogP contribution < -0.4 is 14.9 Å². The molecule has 3 rings (SSSR count). The summed E-state index contributed by atoms with van der Waals surface area (Å²) in [4.78, 5) is 27.5. The number of nitro benzene ring substituents is 1. The highest BCUT2D eigenvalue weighted by Crippen LogP contribution is 2.18. The van der Waals surface area contributed by atoms with Gasteiger partial charge in [-0.15, -0.1) is 0 Å². The average Bonchev–Trinajstić information content (AvgIpc) is 3.03. The van der Waals surface area contributed by atoms with Gasteiger partial charge in [-0.3, -0.25) is 24.5 Å². The second-order valence-electron chi connectivity index (χ2n) is 4.43. The molecular formula is C14H11N3O3S. The summed E-state index contributed by atoms with van der Waals surface area (Å²) in [7, 11) is 0. The molecule has 106 valence electrons. The third-order valence-electron chi connectivity index (χ3n) is 3.12. The number of rotatable bonds is 3. The van der Waals surface area contributed by atoms with E-state index < -0.39 is 4.92 Å². The maximum atomic E-state index is 12.0. The lowest BCUT2D eigenvalue weighted by Gasteiger charge is -1.94. The van der Waals surface area contributed by atoms with E-state index in [1.165, 1.54) is 17.4 Å². The molecule has 21 heavy (non-hydrogen) atoms. The van der Waals surface area contributed by atoms with Gasteiger partial charge in [-0.25, -0.2) is 0 Å². The number of benzene rings is 1. The second-order valence-corrected chi connectivity index (χ2v) is 5.44. The van der Waals surface area contributed by atoms with E-state index in [1.54, 1.807) is 41.0 Å². The number of hydrogen-bond acceptors (Lipinski definition) is 5. The van der Waals surface area contributed by atoms with Crippen LogP contribution in [0.4, 0.5) is 5.69 Å². The molecule has 0 atom stereocenters. The first kappa shape index (κ1) is 13.4. The summed E-state index contributed by atoms with van der Waals surface area (Å²) in [5, 5.41) is 10.9. The van der Waals surface area contributed by atoms with E-state index in [9.17, 15) is 14.9 Å². The highest BCUT2D eigenvalue weighted by molar-refractivity contribution is 7.07. The van der Waals surface area contributed by atoms with Crippen molar-refractivity contribution < 1.29 is 4.92 Å². The van der Waals surface area contributed by atoms with Gasteiger partial charge in [-0.05, 0) is 18.2 Å². The quantitative estimate of drug-likeness (QED) is 0.625. The van der Waals surface area contributed by atoms with Crippen molar-refractivity contribution in [2.45, 2.75) is 6.54 Å². The molecule has 6 nitrogen and oxygen atoms in total. The molecule has 0 unspecified atom stereocenters. The van der Waals surface area contributed by atoms with E-state index in [4.69, 9.17) is 0 Å². The summed E-state index contributed by atoms with van der Waals surface area (Å²) in [6.07, 6.45) is 4.96. The van der Waals surface area contributed by atoms with Gasteiger partial charge < -0.3 is 0 Å². The fourth-order valence-corrected chi connectivity index (χ4v) is 3.10. The molecule has 1 aromatic heterocycles. The van der Waals surface area contributed by atoms with Gasteiger partial charge in [-0.1, -0.05) is 29.5 Å². The first-order valence-electron chi connectivity index (χ1n) is 6.33. The van der Waals surface area contributed by atoms with Gasteiger partial charge in [0, 0.05) is 12.6 Å². The maximum absolute atomic E-state index is 12.0. The van der Waals surface area contributed by atoms with Crippen molar-refractivity contribution in [2.75, 3.05) is 6.54 Å². The Morgan fingerprint density at radius 3 is 2.95 bits per heavy atom. The van der Waals surface area contributed by atoms with Crippen LogP contribution in [0.2, 0.25) is 0 Å². The highest BCUT2D eigenvalue weighted by atomic mass is 32.1. The molecule has 0 spiro atoms. The topological polar surface area (TPSA) is 77.5 Å². The molecule has 0 N–H and O–H groups in total. The standard InChI is InChI=1S/C14H11N3O3S/c18-13-12(21-14-15-8-9-16(13)14)7-3-5-10-4-1-2-6-11(10)17(19)20/h1-7H,8-9H2/b5-3+,12-7-. The van der Waals surface area contributed by atoms with Crippen LogP contribution in [0, 0.1) is 10.1 Å². The molecule has 0 bridgehead atoms. The van der Waals surface area contributed by atoms with Crippen molar-refractivity contribution in [3.8, 4) is 0 Å². The van der Waals surface area contributed by atoms with Crippen molar-refractivity contribution in [3.05, 3.63) is 65.7 Å². The molecule has 1 aliphatic rings. The van der Waals surface area contributed by atoms with Crippen LogP contribution >= 0.6 is 11.3 Å². The number of thiazole rings is 1. The monoisotopic (exact) mass is 301 g/mol. The molecule has 0 aliphatic carbocycles. The van der Waals surface area contributed by atoms with Gasteiger partial charge in [0.05, 0.1) is 21.6 Å². The third kappa shape index (κ3) is 2.55. The number of fused-ring (bicyclic) bond motifs is 1. The van der Waals surface area contributed by atoms with Crippen LogP contribution in [0.15, 0.2) is 40.1 Å². The van der Waals surface area contributed by atoms with E-state index in [1.807, 2.05) is 0 Å². The molecule has 0 saturated heterocycles. The fourth-order valence-electron chi connectivity index (χ4n) is 2.12. The lowest BCUT2D eigenvalue weighted by atomic mass is 10.1. The normalized spacial score (nSPS) is 14.4. The number of nitro groups is 1. The van der Waals surface area contributed by atoms with Crippen LogP contribution in [0.3, 0.4) is 0 Å². The van der Waals surface area contributed by atoms with Crippen LogP contribution in [0.1, 0.15) is 5.56 Å². The van der Waals surface area contributed by atoms with Crippen LogP contribution in [-0.2, 0) is 6.54 Å². The predicted octanol–water partition coefficient (Wildman–Crippen LogP) is 0.945. The minimum Gasteiger partial charge on any atom is -0.282 e. The first-order valence-corrected chi connectivity index (χ1v) is 7.14. The first-order chi connectivity index (χ1) is 10.2. The van der Waals surface area contributed by atoms with Crippen LogP contribution in [0.5, 0.6) is 0 Å². The molecule has 0 amide bonds. The molecule has 0 fully saturated rings. The lowest BCUT2D eigenvalue weighted by Crippen LogP contribution is -2.29. The summed E-state index contributed by atoms with van der Waals surface area (Å²) in [6, 6.07) is 6.48. The van der Waals surface area contributed by atoms with Crippen molar-refractivity contribution in [1.29, 1.82) is 0 Å². The minimum absolute atomic E-state index is 0.0440. The summed E-state index contributed by atoms with van der Waals surface area (Å²) >= 11 is 1.34. The maximum Gasteiger partial charge on any atom is 0.276 e. The zero-order valence-electron chi connectivity index (χ0n) is 10.9. The summed E-state index contributed by atoms with van der Waals surface area (Å²) in [5.41, 5.74) is 0.499. The Bertz CT molecular complexity index is 908. The van der Waals surface area contributed by atoms with Gasteiger partial charge in [0.15, 0.2) is 4.80 Å². The summed E-state index contributed by atoms with van der Waals surface area (Å²) in [6.45, 7) is 1.29. The Balaban J connectivity index is 1.97. The van der Waals surface area contributed by atoms with E-state index in [0.717, 1.165) is 4.80 Å². The Morgan fingerprint density at radius 1 is 1.38 bits per heavy atom. The van der Waals surface area contributed by atoms with Gasteiger partial charge >= 0.3 is 0 Å². The van der Waals surface area contributed by atoms with Crippen molar-refractivity contribution in [3.63, 3.8) is 0 Å². The molecule has 0 radical (unpaired) electrons. The molecule has 7 heteroatoms. The van der Waals surface area contributed by atoms with E-state index in [2.05, 4.69) is 4.99 Å². The van der Waals surface area contributed by atoms with Crippen molar-refractivity contribution in [2.24, 2.45) is 4.99 Å². The SMILES string of the molecule is O=c1/c(=C/C=C/c2ccccc2[N+](=O)[O-])sc2n1CCN=2. The molecule has 2 aromatic rings. The Morgan fingerprint density at radius 2 is 2.19 bits per heavy atom. The van der Waals surface area contributed by atoms with Gasteiger partial charge in [0.2, 0.25) is 0 Å². The number of allylic oxidation sites excluding steroid dienone is 1. The van der Waals surface area contributed by atoms with Gasteiger partial charge in [0.25, 0.3) is 11.2 Å². The van der Waals surface area contributed by atoms with Crippen LogP contribution in [-0.4, -0.2) is 16.0 Å².